The van der Waals surface area contributed by atoms with E-state index in [1.165, 1.54) is 25.6 Å². The van der Waals surface area contributed by atoms with Crippen LogP contribution in [0.3, 0.4) is 0 Å². The lowest BCUT2D eigenvalue weighted by Gasteiger charge is -2.35. The van der Waals surface area contributed by atoms with Crippen molar-refractivity contribution in [1.29, 1.82) is 0 Å². The van der Waals surface area contributed by atoms with E-state index in [1.54, 1.807) is 9.80 Å². The number of likely N-dealkylation sites (tertiary alicyclic amines) is 1. The third kappa shape index (κ3) is 6.58. The van der Waals surface area contributed by atoms with Crippen LogP contribution in [0.25, 0.3) is 0 Å². The fourth-order valence-corrected chi connectivity index (χ4v) is 4.59. The predicted molar refractivity (Wildman–Crippen MR) is 127 cm³/mol. The fourth-order valence-electron chi connectivity index (χ4n) is 4.59. The highest BCUT2D eigenvalue weighted by molar-refractivity contribution is 5.75. The number of nitrogens with two attached hydrogens (primary N) is 1. The number of aliphatic hydroxyl groups is 1. The van der Waals surface area contributed by atoms with Crippen LogP contribution in [0.2, 0.25) is 0 Å². The van der Waals surface area contributed by atoms with Gasteiger partial charge in [-0.2, -0.15) is 17.6 Å². The third-order valence-electron chi connectivity index (χ3n) is 6.67. The lowest BCUT2D eigenvalue weighted by atomic mass is 9.93. The first-order valence-electron chi connectivity index (χ1n) is 12.0. The number of primary amides is 1. The minimum atomic E-state index is -4.55. The number of hydrogen-bond acceptors (Lipinski definition) is 8. The molecule has 0 unspecified atom stereocenters. The van der Waals surface area contributed by atoms with Gasteiger partial charge in [0.1, 0.15) is 12.1 Å². The molecule has 2 atom stereocenters. The van der Waals surface area contributed by atoms with Crippen LogP contribution in [0.15, 0.2) is 24.5 Å². The van der Waals surface area contributed by atoms with Crippen molar-refractivity contribution in [1.82, 2.24) is 14.9 Å². The predicted octanol–water partition coefficient (Wildman–Crippen LogP) is 2.39. The maximum Gasteiger partial charge on any atom is 0.419 e. The second-order valence-corrected chi connectivity index (χ2v) is 9.45. The van der Waals surface area contributed by atoms with E-state index in [0.717, 1.165) is 18.9 Å². The molecule has 2 aromatic rings. The summed E-state index contributed by atoms with van der Waals surface area (Å²) in [6.45, 7) is 1.35. The Hall–Kier alpha value is -3.19. The molecule has 2 fully saturated rings. The van der Waals surface area contributed by atoms with E-state index in [-0.39, 0.29) is 49.0 Å². The van der Waals surface area contributed by atoms with E-state index < -0.39 is 29.6 Å². The van der Waals surface area contributed by atoms with Crippen LogP contribution in [-0.2, 0) is 17.5 Å². The molecule has 1 aromatic heterocycles. The van der Waals surface area contributed by atoms with Crippen molar-refractivity contribution >= 4 is 17.5 Å². The molecule has 2 aliphatic rings. The molecule has 202 valence electrons. The molecule has 1 aromatic carbocycles. The van der Waals surface area contributed by atoms with Crippen molar-refractivity contribution in [3.8, 4) is 5.75 Å². The molecule has 13 heteroatoms. The first-order valence-corrected chi connectivity index (χ1v) is 12.0. The number of carbonyl (C=O) groups is 1. The molecule has 1 saturated carbocycles. The van der Waals surface area contributed by atoms with Crippen molar-refractivity contribution in [3.05, 3.63) is 41.5 Å². The first-order chi connectivity index (χ1) is 17.6. The minimum absolute atomic E-state index is 0.00180. The zero-order chi connectivity index (χ0) is 26.7. The zero-order valence-corrected chi connectivity index (χ0v) is 20.3. The fraction of sp³-hybridized carbons (Fsp3) is 0.542. The topological polar surface area (TPSA) is 117 Å². The number of halogens is 4. The molecule has 1 saturated heterocycles. The molecule has 1 amide bonds. The van der Waals surface area contributed by atoms with Crippen LogP contribution in [-0.4, -0.2) is 71.3 Å². The average molecular weight is 527 g/mol. The maximum atomic E-state index is 15.5. The number of benzene rings is 1. The van der Waals surface area contributed by atoms with E-state index in [4.69, 9.17) is 10.5 Å². The number of amides is 1. The number of aromatic nitrogens is 2. The summed E-state index contributed by atoms with van der Waals surface area (Å²) in [5, 5.41) is 13.4. The normalized spacial score (nSPS) is 20.5. The van der Waals surface area contributed by atoms with Crippen LogP contribution in [0.1, 0.15) is 30.4 Å². The van der Waals surface area contributed by atoms with Gasteiger partial charge in [0.15, 0.2) is 11.6 Å². The Morgan fingerprint density at radius 3 is 2.68 bits per heavy atom. The smallest absolute Gasteiger partial charge is 0.419 e. The van der Waals surface area contributed by atoms with Gasteiger partial charge in [0.05, 0.1) is 25.3 Å². The lowest BCUT2D eigenvalue weighted by Crippen LogP contribution is -2.48. The Morgan fingerprint density at radius 2 is 2.05 bits per heavy atom. The molecule has 0 bridgehead atoms. The molecular weight excluding hydrogens is 496 g/mol. The molecule has 2 heterocycles. The maximum absolute atomic E-state index is 15.5. The van der Waals surface area contributed by atoms with Crippen LogP contribution in [0, 0.1) is 11.7 Å². The van der Waals surface area contributed by atoms with Gasteiger partial charge in [-0.3, -0.25) is 9.69 Å². The van der Waals surface area contributed by atoms with Gasteiger partial charge in [0.2, 0.25) is 11.7 Å². The van der Waals surface area contributed by atoms with Crippen molar-refractivity contribution in [3.63, 3.8) is 0 Å². The van der Waals surface area contributed by atoms with Gasteiger partial charge in [0.25, 0.3) is 0 Å². The number of alkyl halides is 3. The van der Waals surface area contributed by atoms with Crippen LogP contribution in [0.5, 0.6) is 5.75 Å². The van der Waals surface area contributed by atoms with E-state index in [9.17, 15) is 23.1 Å². The number of nitrogens with zero attached hydrogens (tertiary/aromatic N) is 4. The number of hydrogen-bond donors (Lipinski definition) is 3. The Morgan fingerprint density at radius 1 is 1.30 bits per heavy atom. The summed E-state index contributed by atoms with van der Waals surface area (Å²) in [7, 11) is 1.17. The number of nitrogens with one attached hydrogen (secondary N) is 1. The third-order valence-corrected chi connectivity index (χ3v) is 6.67. The van der Waals surface area contributed by atoms with Crippen LogP contribution in [0.4, 0.5) is 29.2 Å². The van der Waals surface area contributed by atoms with Gasteiger partial charge < -0.3 is 25.8 Å². The average Bonchev–Trinajstić information content (AvgIpc) is 3.67. The van der Waals surface area contributed by atoms with Crippen molar-refractivity contribution in [2.75, 3.05) is 43.5 Å². The first kappa shape index (κ1) is 26.9. The molecule has 1 aliphatic carbocycles. The van der Waals surface area contributed by atoms with Crippen LogP contribution >= 0.6 is 0 Å². The second kappa shape index (κ2) is 11.1. The van der Waals surface area contributed by atoms with Gasteiger partial charge in [-0.25, -0.2) is 9.97 Å². The molecule has 1 aliphatic heterocycles. The monoisotopic (exact) mass is 526 g/mol. The number of ether oxygens (including phenoxy) is 1. The Labute approximate surface area is 211 Å². The van der Waals surface area contributed by atoms with Gasteiger partial charge in [-0.15, -0.1) is 0 Å². The summed E-state index contributed by atoms with van der Waals surface area (Å²) in [5.41, 5.74) is 4.87. The van der Waals surface area contributed by atoms with Gasteiger partial charge >= 0.3 is 6.18 Å². The van der Waals surface area contributed by atoms with Crippen LogP contribution < -0.4 is 20.7 Å². The quantitative estimate of drug-likeness (QED) is 0.404. The summed E-state index contributed by atoms with van der Waals surface area (Å²) < 4.78 is 60.1. The highest BCUT2D eigenvalue weighted by Gasteiger charge is 2.36. The zero-order valence-electron chi connectivity index (χ0n) is 20.3. The summed E-state index contributed by atoms with van der Waals surface area (Å²) >= 11 is 0. The van der Waals surface area contributed by atoms with E-state index in [1.807, 2.05) is 0 Å². The molecule has 9 nitrogen and oxygen atoms in total. The van der Waals surface area contributed by atoms with Crippen molar-refractivity contribution in [2.45, 2.75) is 44.1 Å². The number of anilines is 2. The SMILES string of the molecule is COc1cc(CN(c2ncnc(NC[C@H]3CCN(CC(N)=O)C[C@@H]3O)c2F)C2CC2)ccc1C(F)(F)F. The Kier molecular flexibility index (Phi) is 8.02. The summed E-state index contributed by atoms with van der Waals surface area (Å²) in [5.74, 6) is -1.58. The number of aliphatic hydroxyl groups excluding tert-OH is 1. The van der Waals surface area contributed by atoms with E-state index in [0.29, 0.717) is 25.1 Å². The largest absolute Gasteiger partial charge is 0.496 e. The lowest BCUT2D eigenvalue weighted by molar-refractivity contribution is -0.138. The highest BCUT2D eigenvalue weighted by atomic mass is 19.4. The molecule has 0 radical (unpaired) electrons. The second-order valence-electron chi connectivity index (χ2n) is 9.45. The Balaban J connectivity index is 1.46. The summed E-state index contributed by atoms with van der Waals surface area (Å²) in [6, 6.07) is 3.62. The number of methoxy groups -OCH3 is 1. The summed E-state index contributed by atoms with van der Waals surface area (Å²) in [4.78, 5) is 22.8. The number of β-amino-alcohol motifs (C(OH)–C–C–N with tert-alkyl or cyclic N) is 1. The van der Waals surface area contributed by atoms with Crippen molar-refractivity contribution in [2.24, 2.45) is 11.7 Å². The highest BCUT2D eigenvalue weighted by Crippen LogP contribution is 2.38. The van der Waals surface area contributed by atoms with Gasteiger partial charge in [-0.05, 0) is 43.5 Å². The van der Waals surface area contributed by atoms with E-state index >= 15 is 4.39 Å². The van der Waals surface area contributed by atoms with Crippen molar-refractivity contribution < 1.29 is 32.2 Å². The molecule has 4 rings (SSSR count). The number of rotatable bonds is 10. The minimum Gasteiger partial charge on any atom is -0.496 e. The van der Waals surface area contributed by atoms with E-state index in [2.05, 4.69) is 15.3 Å². The number of piperidine rings is 1. The summed E-state index contributed by atoms with van der Waals surface area (Å²) in [6.07, 6.45) is -1.84. The van der Waals surface area contributed by atoms with Gasteiger partial charge in [-0.1, -0.05) is 6.07 Å². The molecule has 37 heavy (non-hydrogen) atoms. The molecule has 0 spiro atoms. The Bertz CT molecular complexity index is 1110. The molecular formula is C24H30F4N6O3. The molecule has 4 N–H and O–H groups in total. The number of carbonyl (C=O) groups excluding carboxylic acids is 1. The van der Waals surface area contributed by atoms with Gasteiger partial charge in [0, 0.05) is 31.6 Å². The standard InChI is InChI=1S/C24H30F4N6O3/c1-37-19-8-14(2-5-17(19)24(26,27)28)10-34(16-3-4-16)23-21(25)22(31-13-32-23)30-9-15-6-7-33(11-18(15)35)12-20(29)36/h2,5,8,13,15-16,18,35H,3-4,6-7,9-12H2,1H3,(H2,29,36)(H,30,31,32)/t15-,18+/m1/s1.